The summed E-state index contributed by atoms with van der Waals surface area (Å²) in [6.07, 6.45) is 106. The number of hydrogen-bond acceptors (Lipinski definition) is 8. The molecular formula is C82H127NO8. The summed E-state index contributed by atoms with van der Waals surface area (Å²) in [5, 5.41) is 11.8. The molecule has 508 valence electrons. The molecule has 0 saturated carbocycles. The maximum Gasteiger partial charge on any atom is 0.306 e. The Bertz CT molecular complexity index is 2250. The lowest BCUT2D eigenvalue weighted by molar-refractivity contribution is -0.870. The molecule has 0 N–H and O–H groups in total. The fraction of sp³-hybridized carbons (Fsp3) is 0.549. The largest absolute Gasteiger partial charge is 0.545 e. The molecule has 0 radical (unpaired) electrons. The highest BCUT2D eigenvalue weighted by Gasteiger charge is 2.22. The third-order valence-corrected chi connectivity index (χ3v) is 14.0. The van der Waals surface area contributed by atoms with Crippen molar-refractivity contribution < 1.29 is 42.9 Å². The lowest BCUT2D eigenvalue weighted by Gasteiger charge is -2.26. The van der Waals surface area contributed by atoms with E-state index in [0.717, 1.165) is 167 Å². The SMILES string of the molecule is CC/C=C\C/C=C\C/C=C\C/C=C\C/C=C\C/C=C\C/C=C\C/C=C\C/C=C\C/C=C\CCCCCCCCCCC(=O)OC(COC(=O)CCCCCCC/C=C\C/C=C\C/C=C\C/C=C\C/C=C\C/C=C\C/C=C\CC)COC(OCC[N+](C)(C)C)C(=O)[O-]. The zero-order valence-electron chi connectivity index (χ0n) is 57.9. The number of carboxylic acids is 1. The van der Waals surface area contributed by atoms with Gasteiger partial charge in [0.25, 0.3) is 0 Å². The van der Waals surface area contributed by atoms with Crippen molar-refractivity contribution in [1.29, 1.82) is 0 Å². The minimum atomic E-state index is -1.64. The smallest absolute Gasteiger partial charge is 0.306 e. The molecule has 0 heterocycles. The van der Waals surface area contributed by atoms with Crippen molar-refractivity contribution >= 4 is 17.9 Å². The fourth-order valence-corrected chi connectivity index (χ4v) is 8.72. The van der Waals surface area contributed by atoms with Crippen molar-refractivity contribution in [3.63, 3.8) is 0 Å². The number of quaternary nitrogens is 1. The summed E-state index contributed by atoms with van der Waals surface area (Å²) in [7, 11) is 5.90. The highest BCUT2D eigenvalue weighted by molar-refractivity contribution is 5.70. The Labute approximate surface area is 556 Å². The first-order valence-corrected chi connectivity index (χ1v) is 35.2. The van der Waals surface area contributed by atoms with E-state index in [9.17, 15) is 19.5 Å². The van der Waals surface area contributed by atoms with Crippen LogP contribution in [0.2, 0.25) is 0 Å². The molecule has 2 unspecified atom stereocenters. The number of ether oxygens (including phenoxy) is 4. The summed E-state index contributed by atoms with van der Waals surface area (Å²) in [5.74, 6) is -2.34. The van der Waals surface area contributed by atoms with Gasteiger partial charge in [-0.3, -0.25) is 9.59 Å². The molecule has 91 heavy (non-hydrogen) atoms. The van der Waals surface area contributed by atoms with Crippen LogP contribution in [0.5, 0.6) is 0 Å². The average molecular weight is 1250 g/mol. The number of unbranched alkanes of at least 4 members (excludes halogenated alkanes) is 13. The van der Waals surface area contributed by atoms with Crippen LogP contribution in [0.15, 0.2) is 207 Å². The van der Waals surface area contributed by atoms with Crippen molar-refractivity contribution in [2.24, 2.45) is 0 Å². The predicted molar refractivity (Wildman–Crippen MR) is 388 cm³/mol. The van der Waals surface area contributed by atoms with Crippen LogP contribution >= 0.6 is 0 Å². The molecule has 2 atom stereocenters. The van der Waals surface area contributed by atoms with Gasteiger partial charge in [-0.15, -0.1) is 0 Å². The molecule has 9 nitrogen and oxygen atoms in total. The van der Waals surface area contributed by atoms with E-state index in [1.165, 1.54) is 25.7 Å². The molecule has 0 aliphatic rings. The number of rotatable bonds is 62. The Kier molecular flexibility index (Phi) is 65.1. The molecule has 0 aliphatic carbocycles. The summed E-state index contributed by atoms with van der Waals surface area (Å²) < 4.78 is 22.7. The lowest BCUT2D eigenvalue weighted by atomic mass is 10.1. The van der Waals surface area contributed by atoms with Crippen LogP contribution in [0.3, 0.4) is 0 Å². The summed E-state index contributed by atoms with van der Waals surface area (Å²) in [5.41, 5.74) is 0. The molecule has 0 saturated heterocycles. The van der Waals surface area contributed by atoms with Gasteiger partial charge in [0.1, 0.15) is 13.2 Å². The van der Waals surface area contributed by atoms with E-state index in [-0.39, 0.29) is 38.6 Å². The Hall–Kier alpha value is -6.13. The van der Waals surface area contributed by atoms with Crippen molar-refractivity contribution in [1.82, 2.24) is 0 Å². The Morgan fingerprint density at radius 2 is 0.593 bits per heavy atom. The maximum absolute atomic E-state index is 12.9. The van der Waals surface area contributed by atoms with Crippen LogP contribution < -0.4 is 5.11 Å². The summed E-state index contributed by atoms with van der Waals surface area (Å²) >= 11 is 0. The van der Waals surface area contributed by atoms with Gasteiger partial charge in [0.15, 0.2) is 12.4 Å². The molecule has 0 rings (SSSR count). The summed E-state index contributed by atoms with van der Waals surface area (Å²) in [6.45, 7) is 4.46. The van der Waals surface area contributed by atoms with Gasteiger partial charge in [0.2, 0.25) is 0 Å². The molecule has 0 aromatic rings. The number of carbonyl (C=O) groups excluding carboxylic acids is 3. The standard InChI is InChI=1S/C82H127NO8/c1-6-8-10-12-14-16-18-20-22-24-26-28-30-32-34-35-36-37-38-39-40-41-42-43-44-45-47-49-51-53-55-57-59-61-63-65-67-69-71-73-80(85)91-78(77-90-82(81(86)87)88-75-74-83(3,4)5)76-89-79(84)72-70-68-66-64-62-60-58-56-54-52-50-48-46-33-31-29-27-25-23-21-19-17-15-13-11-9-7-2/h8-11,14-17,20-23,26-29,32-34,36-37,39-40,42-43,45-47,50-53,56,58,78,82H,6-7,12-13,18-19,24-25,30-31,35,38,41,44,48-49,54-55,57,59-77H2,1-5H3/b10-8-,11-9-,16-14-,17-15-,22-20-,23-21-,28-26-,29-27-,34-32-,37-36-,40-39-,43-42-,46-33-,47-45-,52-50-,53-51-,58-56-. The minimum absolute atomic E-state index is 0.130. The Balaban J connectivity index is 4.26. The van der Waals surface area contributed by atoms with Crippen molar-refractivity contribution in [3.8, 4) is 0 Å². The topological polar surface area (TPSA) is 111 Å². The van der Waals surface area contributed by atoms with Crippen molar-refractivity contribution in [2.75, 3.05) is 47.5 Å². The summed E-state index contributed by atoms with van der Waals surface area (Å²) in [4.78, 5) is 37.5. The van der Waals surface area contributed by atoms with Crippen LogP contribution in [-0.4, -0.2) is 82.3 Å². The number of carboxylic acid groups (broad SMARTS) is 1. The van der Waals surface area contributed by atoms with Gasteiger partial charge in [0.05, 0.1) is 40.3 Å². The van der Waals surface area contributed by atoms with E-state index >= 15 is 0 Å². The third kappa shape index (κ3) is 71.2. The van der Waals surface area contributed by atoms with Gasteiger partial charge in [-0.1, -0.05) is 278 Å². The van der Waals surface area contributed by atoms with Crippen molar-refractivity contribution in [2.45, 2.75) is 245 Å². The second-order valence-electron chi connectivity index (χ2n) is 23.7. The van der Waals surface area contributed by atoms with Crippen LogP contribution in [0, 0.1) is 0 Å². The van der Waals surface area contributed by atoms with Gasteiger partial charge in [0, 0.05) is 12.8 Å². The lowest BCUT2D eigenvalue weighted by Crippen LogP contribution is -2.44. The van der Waals surface area contributed by atoms with E-state index in [4.69, 9.17) is 18.9 Å². The molecular weight excluding hydrogens is 1130 g/mol. The molecule has 0 aromatic heterocycles. The van der Waals surface area contributed by atoms with Gasteiger partial charge in [-0.2, -0.15) is 0 Å². The predicted octanol–water partition coefficient (Wildman–Crippen LogP) is 21.0. The molecule has 0 amide bonds. The normalized spacial score (nSPS) is 14.0. The third-order valence-electron chi connectivity index (χ3n) is 14.0. The highest BCUT2D eigenvalue weighted by Crippen LogP contribution is 2.14. The summed E-state index contributed by atoms with van der Waals surface area (Å²) in [6, 6.07) is 0. The number of carbonyl (C=O) groups is 3. The second kappa shape index (κ2) is 69.8. The highest BCUT2D eigenvalue weighted by atomic mass is 16.7. The fourth-order valence-electron chi connectivity index (χ4n) is 8.72. The van der Waals surface area contributed by atoms with Crippen LogP contribution in [0.25, 0.3) is 0 Å². The number of nitrogens with zero attached hydrogens (tertiary/aromatic N) is 1. The van der Waals surface area contributed by atoms with E-state index in [1.807, 2.05) is 21.1 Å². The van der Waals surface area contributed by atoms with Gasteiger partial charge >= 0.3 is 11.9 Å². The maximum atomic E-state index is 12.9. The number of hydrogen-bond donors (Lipinski definition) is 0. The number of allylic oxidation sites excluding steroid dienone is 34. The first kappa shape index (κ1) is 84.9. The van der Waals surface area contributed by atoms with Gasteiger partial charge in [-0.05, 0) is 148 Å². The molecule has 0 aliphatic heterocycles. The number of aliphatic carboxylic acids is 1. The monoisotopic (exact) mass is 1250 g/mol. The van der Waals surface area contributed by atoms with Crippen LogP contribution in [0.1, 0.15) is 232 Å². The van der Waals surface area contributed by atoms with Gasteiger partial charge in [-0.25, -0.2) is 0 Å². The first-order valence-electron chi connectivity index (χ1n) is 35.2. The zero-order chi connectivity index (χ0) is 66.1. The van der Waals surface area contributed by atoms with Crippen molar-refractivity contribution in [3.05, 3.63) is 207 Å². The van der Waals surface area contributed by atoms with E-state index < -0.39 is 24.3 Å². The first-order chi connectivity index (χ1) is 44.6. The van der Waals surface area contributed by atoms with Gasteiger partial charge < -0.3 is 33.3 Å². The number of likely N-dealkylation sites (N-methyl/N-ethyl adjacent to an activating group) is 1. The zero-order valence-corrected chi connectivity index (χ0v) is 57.9. The molecule has 0 bridgehead atoms. The van der Waals surface area contributed by atoms with E-state index in [2.05, 4.69) is 220 Å². The molecule has 9 heteroatoms. The Morgan fingerprint density at radius 1 is 0.330 bits per heavy atom. The van der Waals surface area contributed by atoms with Crippen LogP contribution in [-0.2, 0) is 33.3 Å². The van der Waals surface area contributed by atoms with Crippen LogP contribution in [0.4, 0.5) is 0 Å². The quantitative estimate of drug-likeness (QED) is 0.0195. The average Bonchev–Trinajstić information content (AvgIpc) is 3.46. The number of esters is 2. The second-order valence-corrected chi connectivity index (χ2v) is 23.7. The molecule has 0 spiro atoms. The molecule has 0 aromatic carbocycles. The Morgan fingerprint density at radius 3 is 0.879 bits per heavy atom. The molecule has 0 fully saturated rings. The van der Waals surface area contributed by atoms with E-state index in [1.54, 1.807) is 0 Å². The van der Waals surface area contributed by atoms with E-state index in [0.29, 0.717) is 23.9 Å². The minimum Gasteiger partial charge on any atom is -0.545 e.